The van der Waals surface area contributed by atoms with Crippen LogP contribution in [0.1, 0.15) is 38.4 Å². The van der Waals surface area contributed by atoms with Crippen LogP contribution in [0.5, 0.6) is 0 Å². The Labute approximate surface area is 112 Å². The highest BCUT2D eigenvalue weighted by atomic mass is 79.9. The number of nitrogens with zero attached hydrogens (tertiary/aromatic N) is 4. The van der Waals surface area contributed by atoms with Crippen LogP contribution >= 0.6 is 15.9 Å². The predicted molar refractivity (Wildman–Crippen MR) is 72.2 cm³/mol. The molecule has 0 aliphatic heterocycles. The van der Waals surface area contributed by atoms with Crippen molar-refractivity contribution in [3.63, 3.8) is 0 Å². The van der Waals surface area contributed by atoms with Gasteiger partial charge in [0.05, 0.1) is 6.54 Å². The van der Waals surface area contributed by atoms with E-state index in [1.165, 1.54) is 19.3 Å². The third-order valence-electron chi connectivity index (χ3n) is 3.44. The molecule has 0 aromatic carbocycles. The summed E-state index contributed by atoms with van der Waals surface area (Å²) in [6, 6.07) is 0.763. The number of rotatable bonds is 7. The molecule has 4 nitrogen and oxygen atoms in total. The van der Waals surface area contributed by atoms with Crippen LogP contribution in [0.15, 0.2) is 6.33 Å². The van der Waals surface area contributed by atoms with Gasteiger partial charge in [-0.25, -0.2) is 9.67 Å². The summed E-state index contributed by atoms with van der Waals surface area (Å²) in [5.41, 5.74) is 0. The molecule has 0 unspecified atom stereocenters. The molecule has 5 heteroatoms. The lowest BCUT2D eigenvalue weighted by atomic mass is 9.91. The minimum Gasteiger partial charge on any atom is -0.292 e. The Hall–Kier alpha value is -0.420. The Morgan fingerprint density at radius 1 is 1.53 bits per heavy atom. The maximum Gasteiger partial charge on any atom is 0.141 e. The van der Waals surface area contributed by atoms with Crippen molar-refractivity contribution in [3.05, 3.63) is 12.2 Å². The van der Waals surface area contributed by atoms with Gasteiger partial charge in [0.25, 0.3) is 0 Å². The minimum absolute atomic E-state index is 0.763. The van der Waals surface area contributed by atoms with Crippen LogP contribution in [-0.4, -0.2) is 37.6 Å². The van der Waals surface area contributed by atoms with E-state index in [1.54, 1.807) is 6.33 Å². The van der Waals surface area contributed by atoms with Crippen LogP contribution in [0.3, 0.4) is 0 Å². The van der Waals surface area contributed by atoms with E-state index in [-0.39, 0.29) is 0 Å². The summed E-state index contributed by atoms with van der Waals surface area (Å²) in [7, 11) is 0. The van der Waals surface area contributed by atoms with Crippen LogP contribution in [0.4, 0.5) is 0 Å². The van der Waals surface area contributed by atoms with Crippen LogP contribution in [0.2, 0.25) is 0 Å². The molecular formula is C12H21BrN4. The zero-order chi connectivity index (χ0) is 12.1. The topological polar surface area (TPSA) is 34.0 Å². The lowest BCUT2D eigenvalue weighted by Crippen LogP contribution is -2.41. The first kappa shape index (κ1) is 13.0. The third-order valence-corrected chi connectivity index (χ3v) is 3.79. The molecule has 0 radical (unpaired) electrons. The molecule has 0 bridgehead atoms. The molecule has 1 heterocycles. The van der Waals surface area contributed by atoms with Gasteiger partial charge < -0.3 is 0 Å². The molecule has 1 fully saturated rings. The Morgan fingerprint density at radius 2 is 2.35 bits per heavy atom. The van der Waals surface area contributed by atoms with Gasteiger partial charge in [-0.15, -0.1) is 0 Å². The number of aryl methyl sites for hydroxylation is 1. The molecule has 0 saturated heterocycles. The van der Waals surface area contributed by atoms with Gasteiger partial charge in [-0.3, -0.25) is 4.90 Å². The minimum atomic E-state index is 0.763. The van der Waals surface area contributed by atoms with E-state index in [9.17, 15) is 0 Å². The van der Waals surface area contributed by atoms with Gasteiger partial charge in [-0.2, -0.15) is 5.10 Å². The fourth-order valence-electron chi connectivity index (χ4n) is 2.24. The van der Waals surface area contributed by atoms with Crippen molar-refractivity contribution >= 4 is 15.9 Å². The first-order valence-corrected chi connectivity index (χ1v) is 7.64. The van der Waals surface area contributed by atoms with E-state index in [1.807, 2.05) is 4.68 Å². The standard InChI is InChI=1S/C12H21BrN4/c1-2-7-17-12(14-10-15-17)9-16(8-6-13)11-4-3-5-11/h10-11H,2-9H2,1H3. The second-order valence-electron chi connectivity index (χ2n) is 4.64. The smallest absolute Gasteiger partial charge is 0.141 e. The molecule has 0 spiro atoms. The first-order valence-electron chi connectivity index (χ1n) is 6.51. The Morgan fingerprint density at radius 3 is 2.94 bits per heavy atom. The van der Waals surface area contributed by atoms with Crippen LogP contribution in [-0.2, 0) is 13.1 Å². The monoisotopic (exact) mass is 300 g/mol. The van der Waals surface area contributed by atoms with E-state index >= 15 is 0 Å². The number of hydrogen-bond acceptors (Lipinski definition) is 3. The summed E-state index contributed by atoms with van der Waals surface area (Å²) in [6.07, 6.45) is 6.85. The van der Waals surface area contributed by atoms with Crippen molar-refractivity contribution in [3.8, 4) is 0 Å². The summed E-state index contributed by atoms with van der Waals surface area (Å²) in [5.74, 6) is 1.11. The quantitative estimate of drug-likeness (QED) is 0.725. The van der Waals surface area contributed by atoms with Gasteiger partial charge in [0.2, 0.25) is 0 Å². The van der Waals surface area contributed by atoms with Crippen molar-refractivity contribution in [2.45, 2.75) is 51.7 Å². The van der Waals surface area contributed by atoms with Crippen molar-refractivity contribution in [2.24, 2.45) is 0 Å². The summed E-state index contributed by atoms with van der Waals surface area (Å²) >= 11 is 3.54. The molecule has 1 saturated carbocycles. The Bertz CT molecular complexity index is 335. The molecule has 0 amide bonds. The molecule has 0 atom stereocenters. The summed E-state index contributed by atoms with van der Waals surface area (Å²) < 4.78 is 2.04. The average molecular weight is 301 g/mol. The number of aromatic nitrogens is 3. The van der Waals surface area contributed by atoms with Crippen LogP contribution in [0, 0.1) is 0 Å². The van der Waals surface area contributed by atoms with Gasteiger partial charge in [0.1, 0.15) is 12.2 Å². The first-order chi connectivity index (χ1) is 8.35. The molecule has 2 rings (SSSR count). The second kappa shape index (κ2) is 6.50. The van der Waals surface area contributed by atoms with E-state index in [0.29, 0.717) is 0 Å². The van der Waals surface area contributed by atoms with E-state index in [4.69, 9.17) is 0 Å². The fraction of sp³-hybridized carbons (Fsp3) is 0.833. The number of alkyl halides is 1. The van der Waals surface area contributed by atoms with Gasteiger partial charge in [-0.05, 0) is 19.3 Å². The lowest BCUT2D eigenvalue weighted by Gasteiger charge is -2.36. The lowest BCUT2D eigenvalue weighted by molar-refractivity contribution is 0.123. The molecule has 96 valence electrons. The largest absolute Gasteiger partial charge is 0.292 e. The normalized spacial score (nSPS) is 16.4. The zero-order valence-electron chi connectivity index (χ0n) is 10.5. The van der Waals surface area contributed by atoms with Crippen molar-refractivity contribution in [1.29, 1.82) is 0 Å². The zero-order valence-corrected chi connectivity index (χ0v) is 12.1. The van der Waals surface area contributed by atoms with Gasteiger partial charge in [-0.1, -0.05) is 29.3 Å². The molecule has 0 N–H and O–H groups in total. The highest BCUT2D eigenvalue weighted by Gasteiger charge is 2.25. The highest BCUT2D eigenvalue weighted by molar-refractivity contribution is 9.09. The molecular weight excluding hydrogens is 280 g/mol. The van der Waals surface area contributed by atoms with Gasteiger partial charge in [0.15, 0.2) is 0 Å². The van der Waals surface area contributed by atoms with Crippen molar-refractivity contribution in [1.82, 2.24) is 19.7 Å². The summed E-state index contributed by atoms with van der Waals surface area (Å²) in [4.78, 5) is 6.93. The molecule has 1 aromatic rings. The van der Waals surface area contributed by atoms with Crippen LogP contribution in [0.25, 0.3) is 0 Å². The number of halogens is 1. The van der Waals surface area contributed by atoms with Crippen molar-refractivity contribution in [2.75, 3.05) is 11.9 Å². The predicted octanol–water partition coefficient (Wildman–Crippen LogP) is 2.44. The van der Waals surface area contributed by atoms with Gasteiger partial charge >= 0.3 is 0 Å². The van der Waals surface area contributed by atoms with E-state index < -0.39 is 0 Å². The highest BCUT2D eigenvalue weighted by Crippen LogP contribution is 2.25. The maximum absolute atomic E-state index is 4.39. The number of hydrogen-bond donors (Lipinski definition) is 0. The van der Waals surface area contributed by atoms with Crippen LogP contribution < -0.4 is 0 Å². The second-order valence-corrected chi connectivity index (χ2v) is 5.44. The Kier molecular flexibility index (Phi) is 4.98. The molecule has 1 aliphatic carbocycles. The average Bonchev–Trinajstić information content (AvgIpc) is 2.64. The Balaban J connectivity index is 1.97. The molecule has 1 aliphatic rings. The summed E-state index contributed by atoms with van der Waals surface area (Å²) in [5, 5.41) is 5.32. The fourth-order valence-corrected chi connectivity index (χ4v) is 2.70. The maximum atomic E-state index is 4.39. The molecule has 17 heavy (non-hydrogen) atoms. The van der Waals surface area contributed by atoms with Crippen molar-refractivity contribution < 1.29 is 0 Å². The third kappa shape index (κ3) is 3.28. The molecule has 1 aromatic heterocycles. The van der Waals surface area contributed by atoms with Gasteiger partial charge in [0, 0.05) is 24.5 Å². The SMILES string of the molecule is CCCn1ncnc1CN(CCBr)C1CCC1. The summed E-state index contributed by atoms with van der Waals surface area (Å²) in [6.45, 7) is 5.19. The van der Waals surface area contributed by atoms with E-state index in [0.717, 1.165) is 43.3 Å². The van der Waals surface area contributed by atoms with E-state index in [2.05, 4.69) is 37.8 Å².